The van der Waals surface area contributed by atoms with Crippen LogP contribution in [0.25, 0.3) is 11.1 Å². The molecule has 210 valence electrons. The van der Waals surface area contributed by atoms with Gasteiger partial charge >= 0.3 is 0 Å². The van der Waals surface area contributed by atoms with Crippen molar-refractivity contribution in [2.24, 2.45) is 0 Å². The van der Waals surface area contributed by atoms with Gasteiger partial charge in [-0.25, -0.2) is 9.87 Å². The molecule has 0 bridgehead atoms. The van der Waals surface area contributed by atoms with Crippen LogP contribution < -0.4 is 10.2 Å². The van der Waals surface area contributed by atoms with E-state index < -0.39 is 11.7 Å². The molecule has 0 unspecified atom stereocenters. The van der Waals surface area contributed by atoms with Crippen molar-refractivity contribution in [1.29, 1.82) is 0 Å². The molecule has 1 fully saturated rings. The largest absolute Gasteiger partial charge is 0.508 e. The number of hydrogen-bond acceptors (Lipinski definition) is 6. The number of carbonyl (C=O) groups is 1. The summed E-state index contributed by atoms with van der Waals surface area (Å²) in [7, 11) is 1.30. The first-order chi connectivity index (χ1) is 19.5. The lowest BCUT2D eigenvalue weighted by Crippen LogP contribution is -2.26. The highest BCUT2D eigenvalue weighted by Crippen LogP contribution is 2.44. The van der Waals surface area contributed by atoms with Crippen molar-refractivity contribution in [2.75, 3.05) is 39.2 Å². The van der Waals surface area contributed by atoms with E-state index in [2.05, 4.69) is 10.4 Å². The minimum absolute atomic E-state index is 0.0640. The van der Waals surface area contributed by atoms with E-state index in [1.807, 2.05) is 30.3 Å². The monoisotopic (exact) mass is 566 g/mol. The SMILES string of the molecule is CONC(=O)c1cc(C2=C(c3ccc(O[C@H]4CCN(CCCF)C4)cc3)c3ccc(O)cc3SCC2)ccc1F. The molecule has 3 aromatic carbocycles. The zero-order valence-electron chi connectivity index (χ0n) is 22.3. The third-order valence-electron chi connectivity index (χ3n) is 7.18. The number of allylic oxidation sites excluding steroid dienone is 1. The highest BCUT2D eigenvalue weighted by atomic mass is 32.2. The maximum Gasteiger partial charge on any atom is 0.277 e. The van der Waals surface area contributed by atoms with Crippen molar-refractivity contribution in [2.45, 2.75) is 30.3 Å². The highest BCUT2D eigenvalue weighted by molar-refractivity contribution is 7.99. The molecule has 2 aliphatic heterocycles. The van der Waals surface area contributed by atoms with Gasteiger partial charge in [0.05, 0.1) is 19.3 Å². The van der Waals surface area contributed by atoms with Crippen molar-refractivity contribution < 1.29 is 28.3 Å². The van der Waals surface area contributed by atoms with Gasteiger partial charge in [-0.05, 0) is 89.6 Å². The Bertz CT molecular complexity index is 1400. The first kappa shape index (κ1) is 28.1. The molecule has 0 spiro atoms. The van der Waals surface area contributed by atoms with Gasteiger partial charge in [0.25, 0.3) is 5.91 Å². The molecule has 0 aromatic heterocycles. The number of thioether (sulfide) groups is 1. The second-order valence-corrected chi connectivity index (χ2v) is 11.0. The Balaban J connectivity index is 1.51. The molecule has 5 rings (SSSR count). The van der Waals surface area contributed by atoms with Crippen LogP contribution in [0.15, 0.2) is 65.6 Å². The van der Waals surface area contributed by atoms with E-state index >= 15 is 0 Å². The van der Waals surface area contributed by atoms with Gasteiger partial charge in [0, 0.05) is 30.3 Å². The van der Waals surface area contributed by atoms with Crippen molar-refractivity contribution in [3.8, 4) is 11.5 Å². The van der Waals surface area contributed by atoms with Gasteiger partial charge < -0.3 is 9.84 Å². The molecule has 1 atom stereocenters. The number of rotatable bonds is 9. The van der Waals surface area contributed by atoms with Gasteiger partial charge in [-0.1, -0.05) is 18.2 Å². The van der Waals surface area contributed by atoms with E-state index in [4.69, 9.17) is 9.57 Å². The summed E-state index contributed by atoms with van der Waals surface area (Å²) in [5, 5.41) is 10.2. The molecule has 2 aliphatic rings. The van der Waals surface area contributed by atoms with E-state index in [9.17, 15) is 18.7 Å². The molecule has 0 aliphatic carbocycles. The van der Waals surface area contributed by atoms with E-state index in [1.165, 1.54) is 13.2 Å². The minimum atomic E-state index is -0.658. The first-order valence-electron chi connectivity index (χ1n) is 13.3. The number of hydroxylamine groups is 1. The van der Waals surface area contributed by atoms with Crippen LogP contribution >= 0.6 is 11.8 Å². The fourth-order valence-electron chi connectivity index (χ4n) is 5.31. The molecule has 2 N–H and O–H groups in total. The molecular weight excluding hydrogens is 534 g/mol. The van der Waals surface area contributed by atoms with Crippen LogP contribution in [0.4, 0.5) is 8.78 Å². The molecule has 6 nitrogen and oxygen atoms in total. The second-order valence-electron chi connectivity index (χ2n) is 9.86. The third-order valence-corrected chi connectivity index (χ3v) is 8.24. The zero-order chi connectivity index (χ0) is 28.1. The average Bonchev–Trinajstić information content (AvgIpc) is 3.31. The van der Waals surface area contributed by atoms with Gasteiger partial charge in [0.2, 0.25) is 0 Å². The number of alkyl halides is 1. The summed E-state index contributed by atoms with van der Waals surface area (Å²) >= 11 is 1.64. The number of likely N-dealkylation sites (tertiary alicyclic amines) is 1. The molecule has 1 amide bonds. The van der Waals surface area contributed by atoms with Crippen LogP contribution in [-0.2, 0) is 4.84 Å². The molecule has 40 heavy (non-hydrogen) atoms. The van der Waals surface area contributed by atoms with Gasteiger partial charge in [0.15, 0.2) is 0 Å². The van der Waals surface area contributed by atoms with Gasteiger partial charge in [-0.3, -0.25) is 18.9 Å². The Morgan fingerprint density at radius 2 is 1.93 bits per heavy atom. The Labute approximate surface area is 236 Å². The molecule has 0 saturated carbocycles. The van der Waals surface area contributed by atoms with Gasteiger partial charge in [0.1, 0.15) is 23.4 Å². The quantitative estimate of drug-likeness (QED) is 0.306. The number of ether oxygens (including phenoxy) is 1. The summed E-state index contributed by atoms with van der Waals surface area (Å²) in [6.07, 6.45) is 2.18. The topological polar surface area (TPSA) is 71.0 Å². The minimum Gasteiger partial charge on any atom is -0.508 e. The summed E-state index contributed by atoms with van der Waals surface area (Å²) in [4.78, 5) is 20.3. The van der Waals surface area contributed by atoms with Crippen LogP contribution in [-0.4, -0.2) is 61.2 Å². The number of fused-ring (bicyclic) bond motifs is 1. The Hall–Kier alpha value is -3.40. The highest BCUT2D eigenvalue weighted by Gasteiger charge is 2.25. The molecule has 9 heteroatoms. The lowest BCUT2D eigenvalue weighted by Gasteiger charge is -2.19. The summed E-state index contributed by atoms with van der Waals surface area (Å²) in [5.74, 6) is 0.403. The summed E-state index contributed by atoms with van der Waals surface area (Å²) < 4.78 is 33.4. The van der Waals surface area contributed by atoms with E-state index in [0.29, 0.717) is 12.8 Å². The fraction of sp³-hybridized carbons (Fsp3) is 0.323. The number of nitrogens with one attached hydrogen (secondary N) is 1. The maximum atomic E-state index is 14.6. The molecule has 0 radical (unpaired) electrons. The van der Waals surface area contributed by atoms with E-state index in [-0.39, 0.29) is 24.1 Å². The number of halogens is 2. The van der Waals surface area contributed by atoms with Crippen LogP contribution in [0.5, 0.6) is 11.5 Å². The predicted octanol–water partition coefficient (Wildman–Crippen LogP) is 6.09. The number of nitrogens with zero attached hydrogens (tertiary/aromatic N) is 1. The van der Waals surface area contributed by atoms with Crippen LogP contribution in [0.2, 0.25) is 0 Å². The number of phenols is 1. The zero-order valence-corrected chi connectivity index (χ0v) is 23.1. The number of carbonyl (C=O) groups excluding carboxylic acids is 1. The standard InChI is InChI=1S/C31H32F2N2O4S/c1-38-34-31(37)27-17-21(5-10-28(27)33)25-12-16-40-29-18-22(36)6-9-26(29)30(25)20-3-7-23(8-4-20)39-24-11-15-35(19-24)14-2-13-32/h3-10,17-18,24,36H,2,11-16,19H2,1H3,(H,34,37)/t24-/m0/s1. The Morgan fingerprint density at radius 1 is 1.12 bits per heavy atom. The smallest absolute Gasteiger partial charge is 0.277 e. The Morgan fingerprint density at radius 3 is 2.70 bits per heavy atom. The van der Waals surface area contributed by atoms with Crippen LogP contribution in [0.3, 0.4) is 0 Å². The van der Waals surface area contributed by atoms with E-state index in [0.717, 1.165) is 70.3 Å². The molecule has 3 aromatic rings. The average molecular weight is 567 g/mol. The van der Waals surface area contributed by atoms with Gasteiger partial charge in [-0.15, -0.1) is 11.8 Å². The third kappa shape index (κ3) is 6.32. The summed E-state index contributed by atoms with van der Waals surface area (Å²) in [6, 6.07) is 17.8. The van der Waals surface area contributed by atoms with Crippen molar-refractivity contribution >= 4 is 28.8 Å². The maximum absolute atomic E-state index is 14.6. The Kier molecular flexibility index (Phi) is 9.04. The van der Waals surface area contributed by atoms with Gasteiger partial charge in [-0.2, -0.15) is 0 Å². The normalized spacial score (nSPS) is 17.4. The fourth-order valence-corrected chi connectivity index (χ4v) is 6.37. The second kappa shape index (κ2) is 12.8. The van der Waals surface area contributed by atoms with Crippen molar-refractivity contribution in [1.82, 2.24) is 10.4 Å². The van der Waals surface area contributed by atoms with Crippen LogP contribution in [0.1, 0.15) is 46.3 Å². The molecular formula is C31H32F2N2O4S. The lowest BCUT2D eigenvalue weighted by molar-refractivity contribution is 0.0533. The van der Waals surface area contributed by atoms with Crippen molar-refractivity contribution in [3.63, 3.8) is 0 Å². The first-order valence-corrected chi connectivity index (χ1v) is 14.3. The predicted molar refractivity (Wildman–Crippen MR) is 153 cm³/mol. The van der Waals surface area contributed by atoms with E-state index in [1.54, 1.807) is 36.0 Å². The number of phenolic OH excluding ortho intramolecular Hbond substituents is 1. The number of aromatic hydroxyl groups is 1. The van der Waals surface area contributed by atoms with Crippen LogP contribution in [0, 0.1) is 5.82 Å². The number of hydrogen-bond donors (Lipinski definition) is 2. The summed E-state index contributed by atoms with van der Waals surface area (Å²) in [6.45, 7) is 2.14. The number of benzene rings is 3. The number of amides is 1. The lowest BCUT2D eigenvalue weighted by atomic mass is 9.87. The molecule has 2 heterocycles. The summed E-state index contributed by atoms with van der Waals surface area (Å²) in [5.41, 5.74) is 6.65. The molecule has 1 saturated heterocycles. The van der Waals surface area contributed by atoms with Crippen molar-refractivity contribution in [3.05, 3.63) is 88.7 Å².